The smallest absolute Gasteiger partial charge is 0.234 e. The van der Waals surface area contributed by atoms with Gasteiger partial charge in [0, 0.05) is 36.1 Å². The number of nitrogens with one attached hydrogen (secondary N) is 1. The Bertz CT molecular complexity index is 790. The van der Waals surface area contributed by atoms with Crippen molar-refractivity contribution in [2.24, 2.45) is 17.3 Å². The van der Waals surface area contributed by atoms with Gasteiger partial charge < -0.3 is 10.1 Å². The molecule has 4 heterocycles. The molecule has 196 valence electrons. The largest absolute Gasteiger partial charge is 0.380 e. The van der Waals surface area contributed by atoms with Crippen molar-refractivity contribution < 1.29 is 14.3 Å². The number of thiol groups is 1. The molecule has 4 aliphatic rings. The number of carbonyl (C=O) groups is 2. The number of ether oxygens (including phenoxy) is 1. The van der Waals surface area contributed by atoms with Gasteiger partial charge in [0.25, 0.3) is 0 Å². The summed E-state index contributed by atoms with van der Waals surface area (Å²) in [6, 6.07) is 0. The molecule has 4 rings (SSSR count). The van der Waals surface area contributed by atoms with E-state index < -0.39 is 12.5 Å². The molecule has 1 spiro atoms. The Morgan fingerprint density at radius 3 is 2.29 bits per heavy atom. The van der Waals surface area contributed by atoms with Crippen molar-refractivity contribution in [3.05, 3.63) is 0 Å². The number of carbonyl (C=O) groups excluding carboxylic acids is 2. The SMILES string of the molecule is CCC(=O)N(C1CC2CCCCCCC(CCC(=O)N1)CSCC1(COC1)CSC2)S(=S)(=S)S. The molecule has 2 bridgehead atoms. The van der Waals surface area contributed by atoms with Crippen molar-refractivity contribution in [2.45, 2.75) is 77.3 Å². The predicted octanol–water partition coefficient (Wildman–Crippen LogP) is 4.76. The normalized spacial score (nSPS) is 29.8. The molecule has 0 radical (unpaired) electrons. The van der Waals surface area contributed by atoms with Crippen LogP contribution in [-0.2, 0) is 43.1 Å². The lowest BCUT2D eigenvalue weighted by molar-refractivity contribution is -0.129. The minimum Gasteiger partial charge on any atom is -0.380 e. The van der Waals surface area contributed by atoms with E-state index in [0.717, 1.165) is 49.1 Å². The maximum Gasteiger partial charge on any atom is 0.234 e. The second-order valence-corrected chi connectivity index (χ2v) is 20.1. The van der Waals surface area contributed by atoms with Gasteiger partial charge in [-0.1, -0.05) is 44.3 Å². The molecule has 5 nitrogen and oxygen atoms in total. The van der Waals surface area contributed by atoms with E-state index in [0.29, 0.717) is 31.1 Å². The first-order valence-electron chi connectivity index (χ1n) is 12.5. The van der Waals surface area contributed by atoms with Gasteiger partial charge in [-0.2, -0.15) is 23.5 Å². The molecule has 0 aromatic rings. The van der Waals surface area contributed by atoms with Crippen molar-refractivity contribution in [3.8, 4) is 0 Å². The predicted molar refractivity (Wildman–Crippen MR) is 157 cm³/mol. The van der Waals surface area contributed by atoms with Gasteiger partial charge in [-0.15, -0.1) is 0 Å². The summed E-state index contributed by atoms with van der Waals surface area (Å²) in [5.41, 5.74) is 0.286. The first-order valence-corrected chi connectivity index (χ1v) is 19.3. The van der Waals surface area contributed by atoms with E-state index in [2.05, 4.69) is 28.7 Å². The standard InChI is InChI=1S/C23H40N2O3S6/c1-2-22(27)25(34(29,30)31)20-11-19-8-6-4-3-5-7-18(9-10-21(26)24-20)12-32-16-23(14-28-15-23)17-33-13-19/h18-20H,2-17H2,1H3,(H,24,26)(H,29,30,31). The van der Waals surface area contributed by atoms with E-state index in [1.165, 1.54) is 32.1 Å². The lowest BCUT2D eigenvalue weighted by atomic mass is 9.91. The van der Waals surface area contributed by atoms with Crippen LogP contribution in [0.25, 0.3) is 0 Å². The van der Waals surface area contributed by atoms with Gasteiger partial charge in [0.05, 0.1) is 13.2 Å². The highest BCUT2D eigenvalue weighted by Gasteiger charge is 2.39. The highest BCUT2D eigenvalue weighted by atomic mass is 33.5. The van der Waals surface area contributed by atoms with E-state index in [4.69, 9.17) is 27.1 Å². The number of fused-ring (bicyclic) bond motifs is 14. The minimum atomic E-state index is -2.44. The van der Waals surface area contributed by atoms with Crippen LogP contribution >= 0.6 is 35.2 Å². The summed E-state index contributed by atoms with van der Waals surface area (Å²) >= 11 is 19.6. The molecule has 0 aliphatic carbocycles. The van der Waals surface area contributed by atoms with Crippen LogP contribution in [0.15, 0.2) is 0 Å². The quantitative estimate of drug-likeness (QED) is 0.367. The van der Waals surface area contributed by atoms with Crippen molar-refractivity contribution in [1.82, 2.24) is 9.62 Å². The molecule has 0 aromatic heterocycles. The van der Waals surface area contributed by atoms with Gasteiger partial charge in [-0.05, 0) is 71.4 Å². The van der Waals surface area contributed by atoms with Crippen LogP contribution in [0.4, 0.5) is 0 Å². The minimum absolute atomic E-state index is 0.00177. The Labute approximate surface area is 229 Å². The van der Waals surface area contributed by atoms with Crippen LogP contribution in [0, 0.1) is 17.3 Å². The third-order valence-corrected chi connectivity index (χ3v) is 12.6. The third-order valence-electron chi connectivity index (χ3n) is 7.06. The summed E-state index contributed by atoms with van der Waals surface area (Å²) in [6.45, 7) is 3.54. The van der Waals surface area contributed by atoms with E-state index >= 15 is 0 Å². The Kier molecular flexibility index (Phi) is 12.1. The molecular weight excluding hydrogens is 545 g/mol. The number of hydrogen-bond acceptors (Lipinski definition) is 7. The summed E-state index contributed by atoms with van der Waals surface area (Å²) in [5.74, 6) is 5.18. The molecule has 4 saturated heterocycles. The van der Waals surface area contributed by atoms with Crippen molar-refractivity contribution in [1.29, 1.82) is 0 Å². The zero-order valence-electron chi connectivity index (χ0n) is 20.2. The topological polar surface area (TPSA) is 58.6 Å². The summed E-state index contributed by atoms with van der Waals surface area (Å²) in [6.07, 6.45) is 6.66. The van der Waals surface area contributed by atoms with Crippen LogP contribution in [0.2, 0.25) is 0 Å². The molecular formula is C23H40N2O3S6. The molecule has 3 atom stereocenters. The monoisotopic (exact) mass is 584 g/mol. The number of nitrogens with zero attached hydrogens (tertiary/aromatic N) is 1. The maximum absolute atomic E-state index is 13.1. The molecule has 3 unspecified atom stereocenters. The number of amides is 2. The van der Waals surface area contributed by atoms with Gasteiger partial charge in [0.2, 0.25) is 11.8 Å². The van der Waals surface area contributed by atoms with Gasteiger partial charge >= 0.3 is 0 Å². The zero-order chi connectivity index (χ0) is 24.6. The van der Waals surface area contributed by atoms with Crippen molar-refractivity contribution in [2.75, 3.05) is 36.2 Å². The third kappa shape index (κ3) is 8.94. The number of rotatable bonds is 3. The van der Waals surface area contributed by atoms with Gasteiger partial charge in [-0.3, -0.25) is 13.9 Å². The summed E-state index contributed by atoms with van der Waals surface area (Å²) in [7, 11) is 0. The van der Waals surface area contributed by atoms with Gasteiger partial charge in [0.1, 0.15) is 6.17 Å². The van der Waals surface area contributed by atoms with E-state index in [1.54, 1.807) is 4.31 Å². The van der Waals surface area contributed by atoms with E-state index in [9.17, 15) is 9.59 Å². The highest BCUT2D eigenvalue weighted by molar-refractivity contribution is 8.92. The summed E-state index contributed by atoms with van der Waals surface area (Å²) < 4.78 is 7.20. The molecule has 4 fully saturated rings. The van der Waals surface area contributed by atoms with Crippen LogP contribution < -0.4 is 5.32 Å². The maximum atomic E-state index is 13.1. The first kappa shape index (κ1) is 29.3. The van der Waals surface area contributed by atoms with Crippen molar-refractivity contribution in [3.63, 3.8) is 0 Å². The number of thioether (sulfide) groups is 2. The molecule has 4 aliphatic heterocycles. The molecule has 11 heteroatoms. The second kappa shape index (κ2) is 14.0. The average molecular weight is 585 g/mol. The fourth-order valence-corrected chi connectivity index (χ4v) is 10.7. The zero-order valence-corrected chi connectivity index (χ0v) is 25.2. The van der Waals surface area contributed by atoms with E-state index in [-0.39, 0.29) is 17.2 Å². The Hall–Kier alpha value is 0.740. The molecule has 2 amide bonds. The molecule has 0 saturated carbocycles. The Balaban J connectivity index is 1.89. The second-order valence-electron chi connectivity index (χ2n) is 10.1. The molecule has 1 N–H and O–H groups in total. The molecule has 0 aromatic carbocycles. The van der Waals surface area contributed by atoms with Crippen molar-refractivity contribution >= 4 is 75.7 Å². The van der Waals surface area contributed by atoms with Crippen LogP contribution in [0.3, 0.4) is 0 Å². The number of hydrogen-bond donors (Lipinski definition) is 2. The van der Waals surface area contributed by atoms with Crippen LogP contribution in [0.5, 0.6) is 0 Å². The van der Waals surface area contributed by atoms with E-state index in [1.807, 2.05) is 18.7 Å². The Morgan fingerprint density at radius 2 is 1.74 bits per heavy atom. The summed E-state index contributed by atoms with van der Waals surface area (Å²) in [4.78, 5) is 26.0. The van der Waals surface area contributed by atoms with Gasteiger partial charge in [-0.25, -0.2) is 0 Å². The van der Waals surface area contributed by atoms with Crippen LogP contribution in [-0.4, -0.2) is 58.5 Å². The lowest BCUT2D eigenvalue weighted by Gasteiger charge is -2.41. The Morgan fingerprint density at radius 1 is 1.12 bits per heavy atom. The highest BCUT2D eigenvalue weighted by Crippen LogP contribution is 2.38. The summed E-state index contributed by atoms with van der Waals surface area (Å²) in [5, 5.41) is 3.18. The lowest BCUT2D eigenvalue weighted by Crippen LogP contribution is -2.52. The van der Waals surface area contributed by atoms with Crippen LogP contribution in [0.1, 0.15) is 71.1 Å². The first-order chi connectivity index (χ1) is 16.2. The fraction of sp³-hybridized carbons (Fsp3) is 0.913. The molecule has 34 heavy (non-hydrogen) atoms. The fourth-order valence-electron chi connectivity index (χ4n) is 5.02. The van der Waals surface area contributed by atoms with Gasteiger partial charge in [0.15, 0.2) is 0 Å². The average Bonchev–Trinajstić information content (AvgIpc) is 2.75.